The SMILES string of the molecule is CCOC(=O)Cc1csc(NC(=O)C(C)(CC)Oc2ccc(C)cc2F)n1. The Kier molecular flexibility index (Phi) is 6.90. The average molecular weight is 394 g/mol. The van der Waals surface area contributed by atoms with Gasteiger partial charge in [-0.3, -0.25) is 14.9 Å². The zero-order chi connectivity index (χ0) is 20.0. The van der Waals surface area contributed by atoms with E-state index in [4.69, 9.17) is 9.47 Å². The van der Waals surface area contributed by atoms with Gasteiger partial charge in [-0.25, -0.2) is 9.37 Å². The van der Waals surface area contributed by atoms with Crippen LogP contribution in [0.1, 0.15) is 38.4 Å². The molecule has 2 aromatic rings. The van der Waals surface area contributed by atoms with E-state index in [9.17, 15) is 14.0 Å². The molecule has 1 aromatic carbocycles. The molecule has 8 heteroatoms. The summed E-state index contributed by atoms with van der Waals surface area (Å²) in [5.41, 5.74) is 0.000147. The number of nitrogens with one attached hydrogen (secondary N) is 1. The van der Waals surface area contributed by atoms with Crippen LogP contribution in [0, 0.1) is 12.7 Å². The molecule has 1 N–H and O–H groups in total. The van der Waals surface area contributed by atoms with E-state index >= 15 is 0 Å². The van der Waals surface area contributed by atoms with Gasteiger partial charge in [0, 0.05) is 5.38 Å². The van der Waals surface area contributed by atoms with Crippen LogP contribution in [0.2, 0.25) is 0 Å². The monoisotopic (exact) mass is 394 g/mol. The minimum absolute atomic E-state index is 0.0160. The number of aryl methyl sites for hydroxylation is 1. The Hall–Kier alpha value is -2.48. The minimum Gasteiger partial charge on any atom is -0.475 e. The summed E-state index contributed by atoms with van der Waals surface area (Å²) in [5, 5.41) is 4.70. The van der Waals surface area contributed by atoms with Crippen LogP contribution in [0.5, 0.6) is 5.75 Å². The number of hydrogen-bond donors (Lipinski definition) is 1. The van der Waals surface area contributed by atoms with Gasteiger partial charge in [0.2, 0.25) is 0 Å². The number of thiazole rings is 1. The molecule has 1 unspecified atom stereocenters. The maximum absolute atomic E-state index is 14.1. The quantitative estimate of drug-likeness (QED) is 0.688. The number of esters is 1. The van der Waals surface area contributed by atoms with Crippen molar-refractivity contribution < 1.29 is 23.5 Å². The maximum atomic E-state index is 14.1. The second-order valence-electron chi connectivity index (χ2n) is 6.20. The van der Waals surface area contributed by atoms with Gasteiger partial charge >= 0.3 is 5.97 Å². The fourth-order valence-corrected chi connectivity index (χ4v) is 2.95. The molecule has 0 saturated heterocycles. The van der Waals surface area contributed by atoms with E-state index in [1.54, 1.807) is 39.1 Å². The highest BCUT2D eigenvalue weighted by molar-refractivity contribution is 7.13. The molecule has 1 atom stereocenters. The van der Waals surface area contributed by atoms with Crippen LogP contribution in [0.3, 0.4) is 0 Å². The summed E-state index contributed by atoms with van der Waals surface area (Å²) in [6, 6.07) is 4.58. The first kappa shape index (κ1) is 20.8. The van der Waals surface area contributed by atoms with Crippen molar-refractivity contribution in [1.82, 2.24) is 4.98 Å². The van der Waals surface area contributed by atoms with Gasteiger partial charge in [0.1, 0.15) is 0 Å². The molecule has 146 valence electrons. The third kappa shape index (κ3) is 5.50. The summed E-state index contributed by atoms with van der Waals surface area (Å²) < 4.78 is 24.7. The van der Waals surface area contributed by atoms with Crippen LogP contribution in [0.15, 0.2) is 23.6 Å². The lowest BCUT2D eigenvalue weighted by atomic mass is 10.0. The van der Waals surface area contributed by atoms with Crippen molar-refractivity contribution in [3.8, 4) is 5.75 Å². The van der Waals surface area contributed by atoms with E-state index in [-0.39, 0.29) is 18.1 Å². The van der Waals surface area contributed by atoms with Gasteiger partial charge in [0.05, 0.1) is 18.7 Å². The van der Waals surface area contributed by atoms with Gasteiger partial charge in [0.15, 0.2) is 22.3 Å². The maximum Gasteiger partial charge on any atom is 0.311 e. The second kappa shape index (κ2) is 8.94. The van der Waals surface area contributed by atoms with Crippen molar-refractivity contribution in [1.29, 1.82) is 0 Å². The Balaban J connectivity index is 2.07. The van der Waals surface area contributed by atoms with Crippen molar-refractivity contribution >= 4 is 28.3 Å². The number of carbonyl (C=O) groups excluding carboxylic acids is 2. The lowest BCUT2D eigenvalue weighted by Gasteiger charge is -2.28. The molecule has 2 rings (SSSR count). The van der Waals surface area contributed by atoms with Gasteiger partial charge in [-0.2, -0.15) is 0 Å². The van der Waals surface area contributed by atoms with Crippen LogP contribution in [0.4, 0.5) is 9.52 Å². The molecule has 1 amide bonds. The molecule has 27 heavy (non-hydrogen) atoms. The molecule has 1 aromatic heterocycles. The zero-order valence-corrected chi connectivity index (χ0v) is 16.6. The molecular weight excluding hydrogens is 371 g/mol. The summed E-state index contributed by atoms with van der Waals surface area (Å²) in [6.07, 6.45) is 0.365. The van der Waals surface area contributed by atoms with E-state index < -0.39 is 17.3 Å². The van der Waals surface area contributed by atoms with Crippen LogP contribution in [-0.2, 0) is 20.7 Å². The van der Waals surface area contributed by atoms with Crippen molar-refractivity contribution in [3.63, 3.8) is 0 Å². The lowest BCUT2D eigenvalue weighted by Crippen LogP contribution is -2.45. The van der Waals surface area contributed by atoms with Crippen LogP contribution < -0.4 is 10.1 Å². The summed E-state index contributed by atoms with van der Waals surface area (Å²) in [5.74, 6) is -1.32. The summed E-state index contributed by atoms with van der Waals surface area (Å²) >= 11 is 1.20. The van der Waals surface area contributed by atoms with Crippen molar-refractivity contribution in [2.24, 2.45) is 0 Å². The molecule has 0 bridgehead atoms. The van der Waals surface area contributed by atoms with E-state index in [1.807, 2.05) is 0 Å². The number of aromatic nitrogens is 1. The third-order valence-electron chi connectivity index (χ3n) is 3.98. The van der Waals surface area contributed by atoms with E-state index in [0.717, 1.165) is 5.56 Å². The molecule has 0 aliphatic carbocycles. The highest BCUT2D eigenvalue weighted by Gasteiger charge is 2.35. The number of carbonyl (C=O) groups is 2. The number of nitrogens with zero attached hydrogens (tertiary/aromatic N) is 1. The second-order valence-corrected chi connectivity index (χ2v) is 7.06. The van der Waals surface area contributed by atoms with Crippen LogP contribution in [0.25, 0.3) is 0 Å². The molecule has 0 spiro atoms. The van der Waals surface area contributed by atoms with Crippen molar-refractivity contribution in [3.05, 3.63) is 40.7 Å². The predicted octanol–water partition coefficient (Wildman–Crippen LogP) is 3.88. The Morgan fingerprint density at radius 3 is 2.70 bits per heavy atom. The fourth-order valence-electron chi connectivity index (χ4n) is 2.25. The summed E-state index contributed by atoms with van der Waals surface area (Å²) in [4.78, 5) is 28.4. The first-order chi connectivity index (χ1) is 12.8. The molecular formula is C19H23FN2O4S. The Morgan fingerprint density at radius 1 is 1.33 bits per heavy atom. The Bertz CT molecular complexity index is 824. The van der Waals surface area contributed by atoms with Crippen LogP contribution in [-0.4, -0.2) is 29.1 Å². The van der Waals surface area contributed by atoms with Gasteiger partial charge < -0.3 is 9.47 Å². The lowest BCUT2D eigenvalue weighted by molar-refractivity contribution is -0.142. The van der Waals surface area contributed by atoms with E-state index in [1.165, 1.54) is 23.5 Å². The Morgan fingerprint density at radius 2 is 2.07 bits per heavy atom. The molecule has 1 heterocycles. The number of rotatable bonds is 8. The number of anilines is 1. The highest BCUT2D eigenvalue weighted by Crippen LogP contribution is 2.27. The molecule has 0 radical (unpaired) electrons. The van der Waals surface area contributed by atoms with Gasteiger partial charge in [0.25, 0.3) is 5.91 Å². The smallest absolute Gasteiger partial charge is 0.311 e. The van der Waals surface area contributed by atoms with Gasteiger partial charge in [-0.15, -0.1) is 11.3 Å². The predicted molar refractivity (Wildman–Crippen MR) is 102 cm³/mol. The molecule has 6 nitrogen and oxygen atoms in total. The minimum atomic E-state index is -1.27. The number of ether oxygens (including phenoxy) is 2. The highest BCUT2D eigenvalue weighted by atomic mass is 32.1. The van der Waals surface area contributed by atoms with Crippen molar-refractivity contribution in [2.75, 3.05) is 11.9 Å². The largest absolute Gasteiger partial charge is 0.475 e. The van der Waals surface area contributed by atoms with E-state index in [2.05, 4.69) is 10.3 Å². The summed E-state index contributed by atoms with van der Waals surface area (Å²) in [7, 11) is 0. The standard InChI is InChI=1S/C19H23FN2O4S/c1-5-19(4,26-15-8-7-12(3)9-14(15)20)17(24)22-18-21-13(11-27-18)10-16(23)25-6-2/h7-9,11H,5-6,10H2,1-4H3,(H,21,22,24). The average Bonchev–Trinajstić information content (AvgIpc) is 3.04. The number of hydrogen-bond acceptors (Lipinski definition) is 6. The normalized spacial score (nSPS) is 12.9. The zero-order valence-electron chi connectivity index (χ0n) is 15.8. The Labute approximate surface area is 161 Å². The summed E-state index contributed by atoms with van der Waals surface area (Å²) in [6.45, 7) is 7.17. The first-order valence-corrected chi connectivity index (χ1v) is 9.52. The number of amides is 1. The van der Waals surface area contributed by atoms with Crippen LogP contribution >= 0.6 is 11.3 Å². The molecule has 0 saturated carbocycles. The number of benzene rings is 1. The van der Waals surface area contributed by atoms with Gasteiger partial charge in [-0.05, 0) is 44.9 Å². The van der Waals surface area contributed by atoms with E-state index in [0.29, 0.717) is 23.9 Å². The third-order valence-corrected chi connectivity index (χ3v) is 4.79. The fraction of sp³-hybridized carbons (Fsp3) is 0.421. The first-order valence-electron chi connectivity index (χ1n) is 8.64. The molecule has 0 aliphatic rings. The molecule has 0 fully saturated rings. The van der Waals surface area contributed by atoms with Crippen molar-refractivity contribution in [2.45, 2.75) is 46.1 Å². The number of halogens is 1. The topological polar surface area (TPSA) is 77.5 Å². The molecule has 0 aliphatic heterocycles. The van der Waals surface area contributed by atoms with Gasteiger partial charge in [-0.1, -0.05) is 13.0 Å².